The molecule has 1 aromatic heterocycles. The number of hydrogen-bond donors (Lipinski definition) is 1. The smallest absolute Gasteiger partial charge is 0.267 e. The van der Waals surface area contributed by atoms with Crippen LogP contribution in [0.15, 0.2) is 4.79 Å². The Kier molecular flexibility index (Phi) is 3.34. The SMILES string of the molecule is CCCCc1c(C)n(CC)[nH]c1=O. The molecule has 13 heavy (non-hydrogen) atoms. The quantitative estimate of drug-likeness (QED) is 0.758. The molecule has 0 aliphatic rings. The molecular weight excluding hydrogens is 164 g/mol. The summed E-state index contributed by atoms with van der Waals surface area (Å²) in [6, 6.07) is 0. The maximum atomic E-state index is 11.4. The summed E-state index contributed by atoms with van der Waals surface area (Å²) >= 11 is 0. The van der Waals surface area contributed by atoms with E-state index in [4.69, 9.17) is 0 Å². The van der Waals surface area contributed by atoms with Gasteiger partial charge >= 0.3 is 0 Å². The molecule has 0 saturated heterocycles. The molecule has 1 heterocycles. The molecule has 0 spiro atoms. The van der Waals surface area contributed by atoms with Crippen LogP contribution in [-0.2, 0) is 13.0 Å². The average Bonchev–Trinajstić information content (AvgIpc) is 2.39. The van der Waals surface area contributed by atoms with Gasteiger partial charge in [-0.25, -0.2) is 0 Å². The third kappa shape index (κ3) is 2.02. The van der Waals surface area contributed by atoms with Gasteiger partial charge in [-0.3, -0.25) is 14.6 Å². The first-order chi connectivity index (χ1) is 6.20. The van der Waals surface area contributed by atoms with E-state index in [-0.39, 0.29) is 5.56 Å². The van der Waals surface area contributed by atoms with Crippen LogP contribution in [0.1, 0.15) is 37.9 Å². The van der Waals surface area contributed by atoms with E-state index in [2.05, 4.69) is 12.0 Å². The Morgan fingerprint density at radius 3 is 2.54 bits per heavy atom. The van der Waals surface area contributed by atoms with Crippen LogP contribution < -0.4 is 5.56 Å². The fourth-order valence-corrected chi connectivity index (χ4v) is 1.57. The number of hydrogen-bond acceptors (Lipinski definition) is 1. The molecule has 1 aromatic rings. The molecule has 1 rings (SSSR count). The van der Waals surface area contributed by atoms with Crippen LogP contribution in [0, 0.1) is 6.92 Å². The van der Waals surface area contributed by atoms with E-state index in [1.54, 1.807) is 0 Å². The predicted molar refractivity (Wildman–Crippen MR) is 54.1 cm³/mol. The lowest BCUT2D eigenvalue weighted by molar-refractivity contribution is 0.632. The Morgan fingerprint density at radius 2 is 2.08 bits per heavy atom. The highest BCUT2D eigenvalue weighted by molar-refractivity contribution is 5.16. The van der Waals surface area contributed by atoms with Crippen LogP contribution in [0.25, 0.3) is 0 Å². The average molecular weight is 182 g/mol. The molecule has 0 aliphatic carbocycles. The van der Waals surface area contributed by atoms with Crippen LogP contribution in [0.4, 0.5) is 0 Å². The van der Waals surface area contributed by atoms with Crippen molar-refractivity contribution in [2.45, 2.75) is 46.6 Å². The van der Waals surface area contributed by atoms with E-state index in [1.807, 2.05) is 18.5 Å². The Hall–Kier alpha value is -0.990. The van der Waals surface area contributed by atoms with Gasteiger partial charge in [-0.1, -0.05) is 13.3 Å². The molecule has 0 fully saturated rings. The van der Waals surface area contributed by atoms with Gasteiger partial charge < -0.3 is 0 Å². The topological polar surface area (TPSA) is 37.8 Å². The highest BCUT2D eigenvalue weighted by Gasteiger charge is 2.08. The molecule has 0 radical (unpaired) electrons. The van der Waals surface area contributed by atoms with Gasteiger partial charge in [0.15, 0.2) is 0 Å². The minimum Gasteiger partial charge on any atom is -0.290 e. The zero-order chi connectivity index (χ0) is 9.84. The van der Waals surface area contributed by atoms with Gasteiger partial charge in [0, 0.05) is 17.8 Å². The van der Waals surface area contributed by atoms with Gasteiger partial charge in [-0.15, -0.1) is 0 Å². The number of aryl methyl sites for hydroxylation is 1. The number of H-pyrrole nitrogens is 1. The summed E-state index contributed by atoms with van der Waals surface area (Å²) in [6.07, 6.45) is 3.14. The standard InChI is InChI=1S/C10H18N2O/c1-4-6-7-9-8(3)12(5-2)11-10(9)13/h4-7H2,1-3H3,(H,11,13). The van der Waals surface area contributed by atoms with Gasteiger partial charge in [0.1, 0.15) is 0 Å². The molecule has 0 aliphatic heterocycles. The highest BCUT2D eigenvalue weighted by Crippen LogP contribution is 2.05. The van der Waals surface area contributed by atoms with E-state index in [0.717, 1.165) is 37.1 Å². The Labute approximate surface area is 78.8 Å². The Morgan fingerprint density at radius 1 is 1.38 bits per heavy atom. The molecule has 0 aromatic carbocycles. The van der Waals surface area contributed by atoms with Crippen molar-refractivity contribution in [2.75, 3.05) is 0 Å². The monoisotopic (exact) mass is 182 g/mol. The van der Waals surface area contributed by atoms with Crippen LogP contribution in [-0.4, -0.2) is 9.78 Å². The van der Waals surface area contributed by atoms with Gasteiger partial charge in [0.25, 0.3) is 5.56 Å². The van der Waals surface area contributed by atoms with Crippen molar-refractivity contribution in [3.63, 3.8) is 0 Å². The number of unbranched alkanes of at least 4 members (excludes halogenated alkanes) is 1. The fourth-order valence-electron chi connectivity index (χ4n) is 1.57. The predicted octanol–water partition coefficient (Wildman–Crippen LogP) is 1.85. The van der Waals surface area contributed by atoms with Crippen LogP contribution in [0.5, 0.6) is 0 Å². The lowest BCUT2D eigenvalue weighted by atomic mass is 10.1. The van der Waals surface area contributed by atoms with E-state index in [1.165, 1.54) is 0 Å². The Bertz CT molecular complexity index is 322. The summed E-state index contributed by atoms with van der Waals surface area (Å²) in [5.74, 6) is 0. The van der Waals surface area contributed by atoms with Crippen molar-refractivity contribution in [2.24, 2.45) is 0 Å². The summed E-state index contributed by atoms with van der Waals surface area (Å²) in [5, 5.41) is 2.83. The third-order valence-corrected chi connectivity index (χ3v) is 2.45. The van der Waals surface area contributed by atoms with E-state index in [9.17, 15) is 4.79 Å². The van der Waals surface area contributed by atoms with Gasteiger partial charge in [0.05, 0.1) is 0 Å². The number of rotatable bonds is 4. The maximum Gasteiger partial charge on any atom is 0.267 e. The van der Waals surface area contributed by atoms with Crippen molar-refractivity contribution >= 4 is 0 Å². The Balaban J connectivity index is 2.92. The first-order valence-corrected chi connectivity index (χ1v) is 4.99. The first kappa shape index (κ1) is 10.1. The van der Waals surface area contributed by atoms with Crippen molar-refractivity contribution < 1.29 is 0 Å². The van der Waals surface area contributed by atoms with Gasteiger partial charge in [0.2, 0.25) is 0 Å². The van der Waals surface area contributed by atoms with Crippen molar-refractivity contribution in [3.05, 3.63) is 21.6 Å². The molecular formula is C10H18N2O. The molecule has 0 saturated carbocycles. The van der Waals surface area contributed by atoms with E-state index < -0.39 is 0 Å². The number of nitrogens with one attached hydrogen (secondary N) is 1. The maximum absolute atomic E-state index is 11.4. The summed E-state index contributed by atoms with van der Waals surface area (Å²) < 4.78 is 1.91. The van der Waals surface area contributed by atoms with E-state index >= 15 is 0 Å². The summed E-state index contributed by atoms with van der Waals surface area (Å²) in [7, 11) is 0. The lowest BCUT2D eigenvalue weighted by Crippen LogP contribution is -2.07. The molecule has 1 N–H and O–H groups in total. The minimum atomic E-state index is 0.0906. The summed E-state index contributed by atoms with van der Waals surface area (Å²) in [5.41, 5.74) is 2.15. The highest BCUT2D eigenvalue weighted by atomic mass is 16.1. The van der Waals surface area contributed by atoms with Crippen LogP contribution in [0.2, 0.25) is 0 Å². The van der Waals surface area contributed by atoms with Crippen molar-refractivity contribution in [3.8, 4) is 0 Å². The largest absolute Gasteiger partial charge is 0.290 e. The zero-order valence-corrected chi connectivity index (χ0v) is 8.68. The normalized spacial score (nSPS) is 10.7. The van der Waals surface area contributed by atoms with Crippen LogP contribution in [0.3, 0.4) is 0 Å². The number of aromatic amines is 1. The lowest BCUT2D eigenvalue weighted by Gasteiger charge is -2.00. The molecule has 0 unspecified atom stereocenters. The fraction of sp³-hybridized carbons (Fsp3) is 0.700. The zero-order valence-electron chi connectivity index (χ0n) is 8.68. The van der Waals surface area contributed by atoms with E-state index in [0.29, 0.717) is 0 Å². The first-order valence-electron chi connectivity index (χ1n) is 4.99. The van der Waals surface area contributed by atoms with Gasteiger partial charge in [-0.2, -0.15) is 0 Å². The third-order valence-electron chi connectivity index (χ3n) is 2.45. The second kappa shape index (κ2) is 4.30. The molecule has 3 heteroatoms. The number of aromatic nitrogens is 2. The van der Waals surface area contributed by atoms with Gasteiger partial charge in [-0.05, 0) is 26.7 Å². The minimum absolute atomic E-state index is 0.0906. The van der Waals surface area contributed by atoms with Crippen LogP contribution >= 0.6 is 0 Å². The molecule has 0 bridgehead atoms. The van der Waals surface area contributed by atoms with Crippen molar-refractivity contribution in [1.29, 1.82) is 0 Å². The second-order valence-electron chi connectivity index (χ2n) is 3.35. The molecule has 74 valence electrons. The summed E-state index contributed by atoms with van der Waals surface area (Å²) in [4.78, 5) is 11.4. The number of nitrogens with zero attached hydrogens (tertiary/aromatic N) is 1. The molecule has 0 amide bonds. The second-order valence-corrected chi connectivity index (χ2v) is 3.35. The molecule has 0 atom stereocenters. The molecule has 3 nitrogen and oxygen atoms in total. The summed E-state index contributed by atoms with van der Waals surface area (Å²) in [6.45, 7) is 7.02. The van der Waals surface area contributed by atoms with Crippen molar-refractivity contribution in [1.82, 2.24) is 9.78 Å².